The fraction of sp³-hybridized carbons (Fsp3) is 0.625. The Morgan fingerprint density at radius 2 is 2.00 bits per heavy atom. The molecule has 3 heteroatoms. The molecule has 1 fully saturated rings. The summed E-state index contributed by atoms with van der Waals surface area (Å²) < 4.78 is 0. The van der Waals surface area contributed by atoms with Gasteiger partial charge in [0.05, 0.1) is 5.54 Å². The Labute approximate surface area is 117 Å². The Morgan fingerprint density at radius 3 is 2.58 bits per heavy atom. The first-order chi connectivity index (χ1) is 8.98. The van der Waals surface area contributed by atoms with Crippen LogP contribution in [0, 0.1) is 13.8 Å². The molecule has 19 heavy (non-hydrogen) atoms. The molecule has 1 saturated heterocycles. The van der Waals surface area contributed by atoms with Gasteiger partial charge in [0.1, 0.15) is 0 Å². The van der Waals surface area contributed by atoms with Crippen molar-refractivity contribution < 1.29 is 0 Å². The summed E-state index contributed by atoms with van der Waals surface area (Å²) in [6, 6.07) is 6.77. The van der Waals surface area contributed by atoms with Gasteiger partial charge in [-0.2, -0.15) is 0 Å². The summed E-state index contributed by atoms with van der Waals surface area (Å²) in [5, 5.41) is 0. The molecule has 1 aliphatic rings. The van der Waals surface area contributed by atoms with Crippen LogP contribution in [0.4, 0.5) is 5.69 Å². The van der Waals surface area contributed by atoms with E-state index in [2.05, 4.69) is 55.9 Å². The number of hydrogen-bond acceptors (Lipinski definition) is 3. The fourth-order valence-electron chi connectivity index (χ4n) is 2.97. The van der Waals surface area contributed by atoms with Crippen molar-refractivity contribution in [3.05, 3.63) is 29.3 Å². The highest BCUT2D eigenvalue weighted by Crippen LogP contribution is 2.29. The second-order valence-electron chi connectivity index (χ2n) is 6.12. The molecule has 106 valence electrons. The zero-order valence-corrected chi connectivity index (χ0v) is 12.7. The molecule has 0 saturated carbocycles. The smallest absolute Gasteiger partial charge is 0.0501 e. The summed E-state index contributed by atoms with van der Waals surface area (Å²) in [5.74, 6) is 0. The number of anilines is 1. The van der Waals surface area contributed by atoms with Gasteiger partial charge in [-0.25, -0.2) is 0 Å². The highest BCUT2D eigenvalue weighted by atomic mass is 15.2. The normalized spacial score (nSPS) is 24.0. The molecule has 3 nitrogen and oxygen atoms in total. The molecule has 0 spiro atoms. The SMILES string of the molecule is Cc1ccc(N2CCCC(CN)(N(C)C)C2)cc1C. The first-order valence-corrected chi connectivity index (χ1v) is 7.18. The topological polar surface area (TPSA) is 32.5 Å². The van der Waals surface area contributed by atoms with Crippen molar-refractivity contribution in [1.82, 2.24) is 4.90 Å². The summed E-state index contributed by atoms with van der Waals surface area (Å²) in [5.41, 5.74) is 10.2. The van der Waals surface area contributed by atoms with Crippen molar-refractivity contribution in [2.45, 2.75) is 32.2 Å². The lowest BCUT2D eigenvalue weighted by atomic mass is 9.87. The van der Waals surface area contributed by atoms with E-state index in [4.69, 9.17) is 5.73 Å². The zero-order valence-electron chi connectivity index (χ0n) is 12.7. The molecule has 1 atom stereocenters. The standard InChI is InChI=1S/C16H27N3/c1-13-6-7-15(10-14(13)2)19-9-5-8-16(11-17,12-19)18(3)4/h6-7,10H,5,8-9,11-12,17H2,1-4H3. The second kappa shape index (κ2) is 5.51. The number of hydrogen-bond donors (Lipinski definition) is 1. The largest absolute Gasteiger partial charge is 0.370 e. The molecule has 1 aromatic rings. The molecular formula is C16H27N3. The van der Waals surface area contributed by atoms with Gasteiger partial charge in [0, 0.05) is 25.3 Å². The molecule has 1 heterocycles. The third-order valence-electron chi connectivity index (χ3n) is 4.74. The van der Waals surface area contributed by atoms with E-state index in [-0.39, 0.29) is 5.54 Å². The third kappa shape index (κ3) is 2.77. The van der Waals surface area contributed by atoms with Crippen molar-refractivity contribution in [3.63, 3.8) is 0 Å². The molecule has 2 N–H and O–H groups in total. The molecule has 0 radical (unpaired) electrons. The molecule has 0 aliphatic carbocycles. The van der Waals surface area contributed by atoms with E-state index in [0.29, 0.717) is 0 Å². The Bertz CT molecular complexity index is 442. The van der Waals surface area contributed by atoms with Gasteiger partial charge in [-0.15, -0.1) is 0 Å². The van der Waals surface area contributed by atoms with Gasteiger partial charge < -0.3 is 15.5 Å². The Morgan fingerprint density at radius 1 is 1.26 bits per heavy atom. The van der Waals surface area contributed by atoms with Crippen LogP contribution in [0.1, 0.15) is 24.0 Å². The minimum atomic E-state index is 0.122. The van der Waals surface area contributed by atoms with Crippen molar-refractivity contribution >= 4 is 5.69 Å². The number of likely N-dealkylation sites (N-methyl/N-ethyl adjacent to an activating group) is 1. The van der Waals surface area contributed by atoms with Crippen molar-refractivity contribution in [2.75, 3.05) is 38.6 Å². The average molecular weight is 261 g/mol. The average Bonchev–Trinajstić information content (AvgIpc) is 2.41. The summed E-state index contributed by atoms with van der Waals surface area (Å²) in [6.07, 6.45) is 2.40. The fourth-order valence-corrected chi connectivity index (χ4v) is 2.97. The van der Waals surface area contributed by atoms with E-state index >= 15 is 0 Å². The minimum Gasteiger partial charge on any atom is -0.370 e. The second-order valence-corrected chi connectivity index (χ2v) is 6.12. The van der Waals surface area contributed by atoms with Crippen molar-refractivity contribution in [3.8, 4) is 0 Å². The maximum Gasteiger partial charge on any atom is 0.0501 e. The first kappa shape index (κ1) is 14.4. The van der Waals surface area contributed by atoms with Gasteiger partial charge in [0.15, 0.2) is 0 Å². The van der Waals surface area contributed by atoms with Crippen LogP contribution in [0.2, 0.25) is 0 Å². The summed E-state index contributed by atoms with van der Waals surface area (Å²) in [4.78, 5) is 4.79. The summed E-state index contributed by atoms with van der Waals surface area (Å²) in [7, 11) is 4.30. The lowest BCUT2D eigenvalue weighted by molar-refractivity contribution is 0.135. The maximum absolute atomic E-state index is 6.07. The molecule has 0 bridgehead atoms. The van der Waals surface area contributed by atoms with Gasteiger partial charge in [-0.1, -0.05) is 6.07 Å². The van der Waals surface area contributed by atoms with Crippen LogP contribution in [-0.4, -0.2) is 44.2 Å². The minimum absolute atomic E-state index is 0.122. The number of nitrogens with zero attached hydrogens (tertiary/aromatic N) is 2. The summed E-state index contributed by atoms with van der Waals surface area (Å²) >= 11 is 0. The van der Waals surface area contributed by atoms with E-state index in [9.17, 15) is 0 Å². The van der Waals surface area contributed by atoms with Crippen LogP contribution in [0.5, 0.6) is 0 Å². The van der Waals surface area contributed by atoms with E-state index in [1.54, 1.807) is 0 Å². The van der Waals surface area contributed by atoms with Gasteiger partial charge in [-0.05, 0) is 64.0 Å². The highest BCUT2D eigenvalue weighted by Gasteiger charge is 2.36. The molecule has 2 rings (SSSR count). The Kier molecular flexibility index (Phi) is 4.16. The van der Waals surface area contributed by atoms with Gasteiger partial charge in [0.2, 0.25) is 0 Å². The van der Waals surface area contributed by atoms with Gasteiger partial charge in [-0.3, -0.25) is 0 Å². The van der Waals surface area contributed by atoms with Crippen LogP contribution >= 0.6 is 0 Å². The van der Waals surface area contributed by atoms with Crippen LogP contribution < -0.4 is 10.6 Å². The molecule has 1 aromatic carbocycles. The first-order valence-electron chi connectivity index (χ1n) is 7.18. The zero-order chi connectivity index (χ0) is 14.0. The maximum atomic E-state index is 6.07. The Hall–Kier alpha value is -1.06. The number of benzene rings is 1. The lowest BCUT2D eigenvalue weighted by Crippen LogP contribution is -2.60. The number of rotatable bonds is 3. The van der Waals surface area contributed by atoms with E-state index in [1.165, 1.54) is 29.7 Å². The number of aryl methyl sites for hydroxylation is 2. The predicted octanol–water partition coefficient (Wildman–Crippen LogP) is 2.16. The number of nitrogens with two attached hydrogens (primary N) is 1. The van der Waals surface area contributed by atoms with Crippen molar-refractivity contribution in [1.29, 1.82) is 0 Å². The number of piperidine rings is 1. The Balaban J connectivity index is 2.23. The van der Waals surface area contributed by atoms with Crippen LogP contribution in [0.15, 0.2) is 18.2 Å². The summed E-state index contributed by atoms with van der Waals surface area (Å²) in [6.45, 7) is 7.24. The van der Waals surface area contributed by atoms with Crippen LogP contribution in [0.25, 0.3) is 0 Å². The molecule has 0 aromatic heterocycles. The van der Waals surface area contributed by atoms with E-state index in [0.717, 1.165) is 19.6 Å². The van der Waals surface area contributed by atoms with Gasteiger partial charge in [0.25, 0.3) is 0 Å². The molecule has 1 aliphatic heterocycles. The highest BCUT2D eigenvalue weighted by molar-refractivity contribution is 5.51. The molecule has 1 unspecified atom stereocenters. The quantitative estimate of drug-likeness (QED) is 0.905. The van der Waals surface area contributed by atoms with Crippen molar-refractivity contribution in [2.24, 2.45) is 5.73 Å². The molecule has 0 amide bonds. The van der Waals surface area contributed by atoms with Gasteiger partial charge >= 0.3 is 0 Å². The van der Waals surface area contributed by atoms with E-state index < -0.39 is 0 Å². The third-order valence-corrected chi connectivity index (χ3v) is 4.74. The monoisotopic (exact) mass is 261 g/mol. The molecular weight excluding hydrogens is 234 g/mol. The van der Waals surface area contributed by atoms with E-state index in [1.807, 2.05) is 0 Å². The lowest BCUT2D eigenvalue weighted by Gasteiger charge is -2.47. The van der Waals surface area contributed by atoms with Crippen LogP contribution in [-0.2, 0) is 0 Å². The predicted molar refractivity (Wildman–Crippen MR) is 82.8 cm³/mol. The van der Waals surface area contributed by atoms with Crippen LogP contribution in [0.3, 0.4) is 0 Å².